The second-order valence-electron chi connectivity index (χ2n) is 5.25. The summed E-state index contributed by atoms with van der Waals surface area (Å²) in [6.45, 7) is 0. The molecule has 1 heterocycles. The molecule has 3 heteroatoms. The summed E-state index contributed by atoms with van der Waals surface area (Å²) in [4.78, 5) is 11.3. The van der Waals surface area contributed by atoms with Gasteiger partial charge in [0.1, 0.15) is 0 Å². The second kappa shape index (κ2) is 4.15. The summed E-state index contributed by atoms with van der Waals surface area (Å²) in [6, 6.07) is 6.80. The molecular weight excluding hydrogens is 212 g/mol. The molecule has 0 radical (unpaired) electrons. The van der Waals surface area contributed by atoms with E-state index in [0.29, 0.717) is 18.4 Å². The Bertz CT molecular complexity index is 448. The number of fused-ring (bicyclic) bond motifs is 1. The van der Waals surface area contributed by atoms with Crippen LogP contribution in [0.25, 0.3) is 0 Å². The van der Waals surface area contributed by atoms with Crippen LogP contribution in [0.2, 0.25) is 0 Å². The number of benzene rings is 1. The molecule has 3 rings (SSSR count). The minimum absolute atomic E-state index is 0.114. The van der Waals surface area contributed by atoms with E-state index in [1.165, 1.54) is 18.4 Å². The van der Waals surface area contributed by atoms with Crippen LogP contribution in [0, 0.1) is 0 Å². The quantitative estimate of drug-likeness (QED) is 0.776. The summed E-state index contributed by atoms with van der Waals surface area (Å²) in [5, 5.41) is 2.88. The summed E-state index contributed by atoms with van der Waals surface area (Å²) in [7, 11) is 0. The van der Waals surface area contributed by atoms with Crippen molar-refractivity contribution >= 4 is 11.6 Å². The molecule has 0 saturated heterocycles. The van der Waals surface area contributed by atoms with E-state index < -0.39 is 0 Å². The van der Waals surface area contributed by atoms with Crippen molar-refractivity contribution in [3.63, 3.8) is 0 Å². The zero-order valence-corrected chi connectivity index (χ0v) is 9.91. The molecule has 1 saturated carbocycles. The van der Waals surface area contributed by atoms with Gasteiger partial charge in [0.05, 0.1) is 6.42 Å². The van der Waals surface area contributed by atoms with Gasteiger partial charge in [0.15, 0.2) is 0 Å². The Kier molecular flexibility index (Phi) is 2.63. The van der Waals surface area contributed by atoms with Crippen molar-refractivity contribution in [2.24, 2.45) is 5.73 Å². The van der Waals surface area contributed by atoms with Gasteiger partial charge in [0, 0.05) is 11.7 Å². The maximum atomic E-state index is 11.3. The molecule has 0 bridgehead atoms. The van der Waals surface area contributed by atoms with Crippen LogP contribution >= 0.6 is 0 Å². The van der Waals surface area contributed by atoms with Gasteiger partial charge >= 0.3 is 0 Å². The van der Waals surface area contributed by atoms with Crippen LogP contribution in [0.5, 0.6) is 0 Å². The highest BCUT2D eigenvalue weighted by molar-refractivity contribution is 5.99. The Morgan fingerprint density at radius 2 is 1.94 bits per heavy atom. The Morgan fingerprint density at radius 1 is 1.18 bits per heavy atom. The SMILES string of the molecule is NC1CCC(c2ccc3c(c2)CC(=O)N3)CC1. The predicted octanol–water partition coefficient (Wildman–Crippen LogP) is 2.17. The fourth-order valence-corrected chi connectivity index (χ4v) is 2.96. The molecule has 0 spiro atoms. The summed E-state index contributed by atoms with van der Waals surface area (Å²) in [5.41, 5.74) is 9.46. The van der Waals surface area contributed by atoms with Crippen molar-refractivity contribution in [2.45, 2.75) is 44.1 Å². The third-order valence-electron chi connectivity index (χ3n) is 4.00. The van der Waals surface area contributed by atoms with Gasteiger partial charge in [-0.15, -0.1) is 0 Å². The molecule has 17 heavy (non-hydrogen) atoms. The van der Waals surface area contributed by atoms with Gasteiger partial charge in [-0.3, -0.25) is 4.79 Å². The van der Waals surface area contributed by atoms with Gasteiger partial charge in [-0.05, 0) is 48.8 Å². The van der Waals surface area contributed by atoms with E-state index in [1.54, 1.807) is 0 Å². The first-order valence-corrected chi connectivity index (χ1v) is 6.40. The van der Waals surface area contributed by atoms with E-state index in [0.717, 1.165) is 24.1 Å². The summed E-state index contributed by atoms with van der Waals surface area (Å²) < 4.78 is 0. The molecule has 1 aliphatic carbocycles. The first-order chi connectivity index (χ1) is 8.22. The van der Waals surface area contributed by atoms with Gasteiger partial charge in [-0.25, -0.2) is 0 Å². The zero-order chi connectivity index (χ0) is 11.8. The lowest BCUT2D eigenvalue weighted by Gasteiger charge is -2.26. The molecule has 1 aromatic rings. The van der Waals surface area contributed by atoms with Gasteiger partial charge in [0.25, 0.3) is 0 Å². The largest absolute Gasteiger partial charge is 0.328 e. The molecule has 90 valence electrons. The van der Waals surface area contributed by atoms with Gasteiger partial charge in [-0.1, -0.05) is 12.1 Å². The molecule has 1 fully saturated rings. The number of hydrogen-bond donors (Lipinski definition) is 2. The molecule has 1 amide bonds. The fraction of sp³-hybridized carbons (Fsp3) is 0.500. The number of carbonyl (C=O) groups excluding carboxylic acids is 1. The highest BCUT2D eigenvalue weighted by Crippen LogP contribution is 2.35. The van der Waals surface area contributed by atoms with E-state index in [1.807, 2.05) is 6.07 Å². The number of nitrogens with two attached hydrogens (primary N) is 1. The molecule has 2 aliphatic rings. The molecule has 0 unspecified atom stereocenters. The fourth-order valence-electron chi connectivity index (χ4n) is 2.96. The highest BCUT2D eigenvalue weighted by atomic mass is 16.1. The standard InChI is InChI=1S/C14H18N2O/c15-12-4-1-9(2-5-12)10-3-6-13-11(7-10)8-14(17)16-13/h3,6-7,9,12H,1-2,4-5,8,15H2,(H,16,17). The van der Waals surface area contributed by atoms with Gasteiger partial charge in [0.2, 0.25) is 5.91 Å². The van der Waals surface area contributed by atoms with Crippen molar-refractivity contribution in [2.75, 3.05) is 5.32 Å². The molecule has 0 atom stereocenters. The third kappa shape index (κ3) is 2.07. The molecule has 0 aromatic heterocycles. The average Bonchev–Trinajstić information content (AvgIpc) is 2.69. The zero-order valence-electron chi connectivity index (χ0n) is 9.91. The molecule has 1 aliphatic heterocycles. The Hall–Kier alpha value is -1.35. The van der Waals surface area contributed by atoms with E-state index in [-0.39, 0.29) is 5.91 Å². The van der Waals surface area contributed by atoms with Crippen molar-refractivity contribution in [3.05, 3.63) is 29.3 Å². The van der Waals surface area contributed by atoms with E-state index in [9.17, 15) is 4.79 Å². The van der Waals surface area contributed by atoms with Crippen LogP contribution in [-0.4, -0.2) is 11.9 Å². The normalized spacial score (nSPS) is 27.7. The number of rotatable bonds is 1. The predicted molar refractivity (Wildman–Crippen MR) is 68.0 cm³/mol. The minimum Gasteiger partial charge on any atom is -0.328 e. The lowest BCUT2D eigenvalue weighted by atomic mass is 9.81. The van der Waals surface area contributed by atoms with E-state index >= 15 is 0 Å². The molecular formula is C14H18N2O. The van der Waals surface area contributed by atoms with Crippen molar-refractivity contribution in [1.82, 2.24) is 0 Å². The van der Waals surface area contributed by atoms with Crippen LogP contribution in [0.3, 0.4) is 0 Å². The average molecular weight is 230 g/mol. The van der Waals surface area contributed by atoms with Gasteiger partial charge in [-0.2, -0.15) is 0 Å². The summed E-state index contributed by atoms with van der Waals surface area (Å²) in [5.74, 6) is 0.749. The smallest absolute Gasteiger partial charge is 0.228 e. The first-order valence-electron chi connectivity index (χ1n) is 6.40. The van der Waals surface area contributed by atoms with Crippen molar-refractivity contribution in [1.29, 1.82) is 0 Å². The van der Waals surface area contributed by atoms with E-state index in [2.05, 4.69) is 17.4 Å². The Balaban J connectivity index is 1.81. The third-order valence-corrected chi connectivity index (χ3v) is 4.00. The second-order valence-corrected chi connectivity index (χ2v) is 5.25. The van der Waals surface area contributed by atoms with Crippen LogP contribution < -0.4 is 11.1 Å². The topological polar surface area (TPSA) is 55.1 Å². The number of amides is 1. The monoisotopic (exact) mass is 230 g/mol. The molecule has 3 nitrogen and oxygen atoms in total. The van der Waals surface area contributed by atoms with Crippen LogP contribution in [0.15, 0.2) is 18.2 Å². The summed E-state index contributed by atoms with van der Waals surface area (Å²) in [6.07, 6.45) is 5.15. The van der Waals surface area contributed by atoms with Crippen molar-refractivity contribution < 1.29 is 4.79 Å². The van der Waals surface area contributed by atoms with Crippen LogP contribution in [0.4, 0.5) is 5.69 Å². The lowest BCUT2D eigenvalue weighted by molar-refractivity contribution is -0.115. The maximum Gasteiger partial charge on any atom is 0.228 e. The minimum atomic E-state index is 0.114. The van der Waals surface area contributed by atoms with Crippen molar-refractivity contribution in [3.8, 4) is 0 Å². The lowest BCUT2D eigenvalue weighted by Crippen LogP contribution is -2.25. The maximum absolute atomic E-state index is 11.3. The van der Waals surface area contributed by atoms with Gasteiger partial charge < -0.3 is 11.1 Å². The highest BCUT2D eigenvalue weighted by Gasteiger charge is 2.23. The van der Waals surface area contributed by atoms with Crippen LogP contribution in [0.1, 0.15) is 42.7 Å². The number of anilines is 1. The number of carbonyl (C=O) groups is 1. The Labute approximate surface area is 101 Å². The molecule has 1 aromatic carbocycles. The van der Waals surface area contributed by atoms with E-state index in [4.69, 9.17) is 5.73 Å². The number of hydrogen-bond acceptors (Lipinski definition) is 2. The Morgan fingerprint density at radius 3 is 2.71 bits per heavy atom. The molecule has 3 N–H and O–H groups in total. The number of nitrogens with one attached hydrogen (secondary N) is 1. The first kappa shape index (κ1) is 10.8. The van der Waals surface area contributed by atoms with Crippen LogP contribution in [-0.2, 0) is 11.2 Å². The summed E-state index contributed by atoms with van der Waals surface area (Å²) >= 11 is 0.